The first-order valence-electron chi connectivity index (χ1n) is 4.49. The summed E-state index contributed by atoms with van der Waals surface area (Å²) >= 11 is 0. The van der Waals surface area contributed by atoms with Crippen molar-refractivity contribution < 1.29 is 14.7 Å². The zero-order chi connectivity index (χ0) is 11.3. The SMILES string of the molecule is CC(C(=O)O)N(C)CCC(=O)N(C)C. The van der Waals surface area contributed by atoms with Gasteiger partial charge in [0.2, 0.25) is 5.91 Å². The van der Waals surface area contributed by atoms with Gasteiger partial charge in [0.15, 0.2) is 0 Å². The number of likely N-dealkylation sites (N-methyl/N-ethyl adjacent to an activating group) is 1. The van der Waals surface area contributed by atoms with E-state index in [0.29, 0.717) is 13.0 Å². The first kappa shape index (κ1) is 12.9. The second kappa shape index (κ2) is 5.59. The predicted molar refractivity (Wildman–Crippen MR) is 53.0 cm³/mol. The van der Waals surface area contributed by atoms with Crippen LogP contribution in [-0.2, 0) is 9.59 Å². The van der Waals surface area contributed by atoms with Crippen LogP contribution in [0.15, 0.2) is 0 Å². The summed E-state index contributed by atoms with van der Waals surface area (Å²) in [4.78, 5) is 24.9. The zero-order valence-electron chi connectivity index (χ0n) is 9.15. The van der Waals surface area contributed by atoms with Crippen molar-refractivity contribution in [3.63, 3.8) is 0 Å². The Kier molecular flexibility index (Phi) is 5.15. The van der Waals surface area contributed by atoms with Crippen molar-refractivity contribution in [2.75, 3.05) is 27.7 Å². The molecule has 5 heteroatoms. The zero-order valence-corrected chi connectivity index (χ0v) is 9.15. The van der Waals surface area contributed by atoms with E-state index in [9.17, 15) is 9.59 Å². The van der Waals surface area contributed by atoms with Crippen LogP contribution < -0.4 is 0 Å². The number of carbonyl (C=O) groups excluding carboxylic acids is 1. The molecule has 0 radical (unpaired) electrons. The smallest absolute Gasteiger partial charge is 0.320 e. The summed E-state index contributed by atoms with van der Waals surface area (Å²) in [7, 11) is 5.06. The molecule has 82 valence electrons. The van der Waals surface area contributed by atoms with Gasteiger partial charge in [0, 0.05) is 27.1 Å². The van der Waals surface area contributed by atoms with E-state index in [1.54, 1.807) is 33.0 Å². The normalized spacial score (nSPS) is 12.6. The van der Waals surface area contributed by atoms with E-state index in [0.717, 1.165) is 0 Å². The van der Waals surface area contributed by atoms with E-state index in [1.807, 2.05) is 0 Å². The van der Waals surface area contributed by atoms with Crippen molar-refractivity contribution in [3.8, 4) is 0 Å². The first-order valence-corrected chi connectivity index (χ1v) is 4.49. The van der Waals surface area contributed by atoms with Crippen LogP contribution in [0.25, 0.3) is 0 Å². The summed E-state index contributed by atoms with van der Waals surface area (Å²) in [6, 6.07) is -0.551. The van der Waals surface area contributed by atoms with Gasteiger partial charge in [-0.1, -0.05) is 0 Å². The molecule has 0 saturated carbocycles. The number of carboxylic acid groups (broad SMARTS) is 1. The fourth-order valence-electron chi connectivity index (χ4n) is 0.878. The highest BCUT2D eigenvalue weighted by Gasteiger charge is 2.17. The fraction of sp³-hybridized carbons (Fsp3) is 0.778. The molecule has 0 aliphatic carbocycles. The molecular weight excluding hydrogens is 184 g/mol. The second-order valence-electron chi connectivity index (χ2n) is 3.53. The third kappa shape index (κ3) is 4.23. The Labute approximate surface area is 84.3 Å². The van der Waals surface area contributed by atoms with Gasteiger partial charge >= 0.3 is 5.97 Å². The van der Waals surface area contributed by atoms with Crippen molar-refractivity contribution in [2.45, 2.75) is 19.4 Å². The molecule has 1 atom stereocenters. The standard InChI is InChI=1S/C9H18N2O3/c1-7(9(13)14)11(4)6-5-8(12)10(2)3/h7H,5-6H2,1-4H3,(H,13,14). The number of carbonyl (C=O) groups is 2. The van der Waals surface area contributed by atoms with Crippen molar-refractivity contribution in [3.05, 3.63) is 0 Å². The molecule has 0 heterocycles. The highest BCUT2D eigenvalue weighted by molar-refractivity contribution is 5.76. The fourth-order valence-corrected chi connectivity index (χ4v) is 0.878. The van der Waals surface area contributed by atoms with Crippen molar-refractivity contribution in [2.24, 2.45) is 0 Å². The Hall–Kier alpha value is -1.10. The van der Waals surface area contributed by atoms with Crippen LogP contribution in [0.4, 0.5) is 0 Å². The van der Waals surface area contributed by atoms with E-state index >= 15 is 0 Å². The number of carboxylic acids is 1. The number of hydrogen-bond acceptors (Lipinski definition) is 3. The van der Waals surface area contributed by atoms with Gasteiger partial charge < -0.3 is 10.0 Å². The van der Waals surface area contributed by atoms with E-state index in [-0.39, 0.29) is 5.91 Å². The average Bonchev–Trinajstić information content (AvgIpc) is 2.11. The van der Waals surface area contributed by atoms with Crippen LogP contribution in [0.5, 0.6) is 0 Å². The quantitative estimate of drug-likeness (QED) is 0.674. The molecule has 0 spiro atoms. The molecule has 0 bridgehead atoms. The molecule has 5 nitrogen and oxygen atoms in total. The van der Waals surface area contributed by atoms with Crippen molar-refractivity contribution >= 4 is 11.9 Å². The lowest BCUT2D eigenvalue weighted by molar-refractivity contribution is -0.142. The van der Waals surface area contributed by atoms with E-state index in [1.165, 1.54) is 4.90 Å². The molecule has 0 fully saturated rings. The summed E-state index contributed by atoms with van der Waals surface area (Å²) in [5, 5.41) is 8.69. The van der Waals surface area contributed by atoms with Gasteiger partial charge in [0.25, 0.3) is 0 Å². The summed E-state index contributed by atoms with van der Waals surface area (Å²) in [5.41, 5.74) is 0. The minimum absolute atomic E-state index is 0.00874. The first-order chi connectivity index (χ1) is 6.36. The lowest BCUT2D eigenvalue weighted by atomic mass is 10.2. The Balaban J connectivity index is 3.90. The lowest BCUT2D eigenvalue weighted by Crippen LogP contribution is -2.38. The van der Waals surface area contributed by atoms with E-state index < -0.39 is 12.0 Å². The Bertz CT molecular complexity index is 216. The second-order valence-corrected chi connectivity index (χ2v) is 3.53. The lowest BCUT2D eigenvalue weighted by Gasteiger charge is -2.21. The molecular formula is C9H18N2O3. The predicted octanol–water partition coefficient (Wildman–Crippen LogP) is -0.130. The van der Waals surface area contributed by atoms with Gasteiger partial charge in [-0.05, 0) is 14.0 Å². The van der Waals surface area contributed by atoms with Crippen LogP contribution >= 0.6 is 0 Å². The highest BCUT2D eigenvalue weighted by Crippen LogP contribution is 1.98. The van der Waals surface area contributed by atoms with Gasteiger partial charge in [0.05, 0.1) is 0 Å². The molecule has 0 rings (SSSR count). The molecule has 0 aliphatic rings. The largest absolute Gasteiger partial charge is 0.480 e. The van der Waals surface area contributed by atoms with Crippen LogP contribution in [-0.4, -0.2) is 60.5 Å². The van der Waals surface area contributed by atoms with Crippen LogP contribution in [0.1, 0.15) is 13.3 Å². The number of aliphatic carboxylic acids is 1. The summed E-state index contributed by atoms with van der Waals surface area (Å²) in [6.07, 6.45) is 0.348. The van der Waals surface area contributed by atoms with Gasteiger partial charge in [0.1, 0.15) is 6.04 Å². The molecule has 1 amide bonds. The topological polar surface area (TPSA) is 60.9 Å². The minimum Gasteiger partial charge on any atom is -0.480 e. The molecule has 1 unspecified atom stereocenters. The van der Waals surface area contributed by atoms with E-state index in [2.05, 4.69) is 0 Å². The van der Waals surface area contributed by atoms with Gasteiger partial charge in [-0.25, -0.2) is 0 Å². The van der Waals surface area contributed by atoms with Gasteiger partial charge in [-0.15, -0.1) is 0 Å². The molecule has 0 aromatic heterocycles. The van der Waals surface area contributed by atoms with Crippen LogP contribution in [0, 0.1) is 0 Å². The Morgan fingerprint density at radius 1 is 1.29 bits per heavy atom. The molecule has 0 aromatic rings. The van der Waals surface area contributed by atoms with Crippen LogP contribution in [0.3, 0.4) is 0 Å². The van der Waals surface area contributed by atoms with Gasteiger partial charge in [-0.3, -0.25) is 14.5 Å². The Morgan fingerprint density at radius 2 is 1.79 bits per heavy atom. The summed E-state index contributed by atoms with van der Waals surface area (Å²) in [5.74, 6) is -0.862. The molecule has 0 aromatic carbocycles. The van der Waals surface area contributed by atoms with Crippen LogP contribution in [0.2, 0.25) is 0 Å². The summed E-state index contributed by atoms with van der Waals surface area (Å²) < 4.78 is 0. The van der Waals surface area contributed by atoms with Crippen molar-refractivity contribution in [1.29, 1.82) is 0 Å². The molecule has 14 heavy (non-hydrogen) atoms. The maximum Gasteiger partial charge on any atom is 0.320 e. The minimum atomic E-state index is -0.871. The number of rotatable bonds is 5. The highest BCUT2D eigenvalue weighted by atomic mass is 16.4. The molecule has 0 aliphatic heterocycles. The maximum absolute atomic E-state index is 11.2. The number of nitrogens with zero attached hydrogens (tertiary/aromatic N) is 2. The molecule has 1 N–H and O–H groups in total. The third-order valence-electron chi connectivity index (χ3n) is 2.20. The van der Waals surface area contributed by atoms with Gasteiger partial charge in [-0.2, -0.15) is 0 Å². The number of amides is 1. The average molecular weight is 202 g/mol. The summed E-state index contributed by atoms with van der Waals surface area (Å²) in [6.45, 7) is 2.06. The molecule has 0 saturated heterocycles. The third-order valence-corrected chi connectivity index (χ3v) is 2.20. The maximum atomic E-state index is 11.2. The monoisotopic (exact) mass is 202 g/mol. The Morgan fingerprint density at radius 3 is 2.14 bits per heavy atom. The van der Waals surface area contributed by atoms with Crippen molar-refractivity contribution in [1.82, 2.24) is 9.80 Å². The number of hydrogen-bond donors (Lipinski definition) is 1. The van der Waals surface area contributed by atoms with E-state index in [4.69, 9.17) is 5.11 Å².